The number of ether oxygens (including phenoxy) is 2. The van der Waals surface area contributed by atoms with Gasteiger partial charge in [-0.2, -0.15) is 0 Å². The number of H-pyrrole nitrogens is 1. The first-order valence-electron chi connectivity index (χ1n) is 9.07. The van der Waals surface area contributed by atoms with E-state index in [1.54, 1.807) is 36.5 Å². The summed E-state index contributed by atoms with van der Waals surface area (Å²) >= 11 is 0. The molecule has 2 aromatic heterocycles. The highest BCUT2D eigenvalue weighted by atomic mass is 19.1. The Kier molecular flexibility index (Phi) is 5.22. The molecule has 1 N–H and O–H groups in total. The van der Waals surface area contributed by atoms with Gasteiger partial charge in [0.25, 0.3) is 5.91 Å². The van der Waals surface area contributed by atoms with Crippen LogP contribution in [-0.4, -0.2) is 64.2 Å². The standard InChI is InChI=1S/C20H19FN4O4/c1-28-20(27)12-4-5-15-16(7-12)24-18(23-15)11-29-17-10-25(9-14(17)21)19(26)13-3-2-6-22-8-13/h2-8,14,17H,9-11H2,1H3,(H,23,24)/t14-,17+/m1/s1. The van der Waals surface area contributed by atoms with Crippen molar-refractivity contribution >= 4 is 22.9 Å². The van der Waals surface area contributed by atoms with Gasteiger partial charge in [-0.25, -0.2) is 14.2 Å². The Labute approximate surface area is 165 Å². The Bertz CT molecular complexity index is 1040. The molecule has 1 aliphatic heterocycles. The lowest BCUT2D eigenvalue weighted by Crippen LogP contribution is -2.30. The van der Waals surface area contributed by atoms with Crippen molar-refractivity contribution < 1.29 is 23.5 Å². The number of nitrogens with one attached hydrogen (secondary N) is 1. The van der Waals surface area contributed by atoms with Crippen LogP contribution >= 0.6 is 0 Å². The zero-order chi connectivity index (χ0) is 20.4. The number of methoxy groups -OCH3 is 1. The second-order valence-electron chi connectivity index (χ2n) is 6.72. The summed E-state index contributed by atoms with van der Waals surface area (Å²) in [5.74, 6) is -0.207. The summed E-state index contributed by atoms with van der Waals surface area (Å²) in [6, 6.07) is 8.27. The van der Waals surface area contributed by atoms with Crippen LogP contribution in [0.4, 0.5) is 4.39 Å². The molecule has 0 unspecified atom stereocenters. The fourth-order valence-corrected chi connectivity index (χ4v) is 3.29. The fourth-order valence-electron chi connectivity index (χ4n) is 3.29. The number of aromatic nitrogens is 3. The van der Waals surface area contributed by atoms with Crippen LogP contribution in [0.25, 0.3) is 11.0 Å². The highest BCUT2D eigenvalue weighted by Gasteiger charge is 2.36. The largest absolute Gasteiger partial charge is 0.465 e. The molecule has 1 aromatic carbocycles. The molecular formula is C20H19FN4O4. The Morgan fingerprint density at radius 2 is 2.14 bits per heavy atom. The highest BCUT2D eigenvalue weighted by Crippen LogP contribution is 2.21. The van der Waals surface area contributed by atoms with E-state index in [0.717, 1.165) is 0 Å². The second-order valence-corrected chi connectivity index (χ2v) is 6.72. The molecule has 0 spiro atoms. The zero-order valence-electron chi connectivity index (χ0n) is 15.7. The topological polar surface area (TPSA) is 97.4 Å². The number of alkyl halides is 1. The molecule has 0 bridgehead atoms. The average molecular weight is 398 g/mol. The van der Waals surface area contributed by atoms with Gasteiger partial charge in [-0.05, 0) is 30.3 Å². The predicted octanol–water partition coefficient (Wildman–Crippen LogP) is 2.12. The van der Waals surface area contributed by atoms with Crippen molar-refractivity contribution in [2.24, 2.45) is 0 Å². The van der Waals surface area contributed by atoms with Crippen LogP contribution in [0.1, 0.15) is 26.5 Å². The third-order valence-electron chi connectivity index (χ3n) is 4.78. The van der Waals surface area contributed by atoms with Crippen molar-refractivity contribution in [1.29, 1.82) is 0 Å². The monoisotopic (exact) mass is 398 g/mol. The van der Waals surface area contributed by atoms with Gasteiger partial charge in [0.1, 0.15) is 24.7 Å². The minimum atomic E-state index is -1.29. The Morgan fingerprint density at radius 3 is 2.90 bits per heavy atom. The highest BCUT2D eigenvalue weighted by molar-refractivity contribution is 5.94. The minimum Gasteiger partial charge on any atom is -0.465 e. The first-order chi connectivity index (χ1) is 14.0. The molecule has 150 valence electrons. The summed E-state index contributed by atoms with van der Waals surface area (Å²) in [5, 5.41) is 0. The molecule has 8 nitrogen and oxygen atoms in total. The van der Waals surface area contributed by atoms with E-state index in [2.05, 4.69) is 15.0 Å². The number of rotatable bonds is 5. The molecule has 29 heavy (non-hydrogen) atoms. The number of aromatic amines is 1. The number of fused-ring (bicyclic) bond motifs is 1. The number of esters is 1. The van der Waals surface area contributed by atoms with Gasteiger partial charge >= 0.3 is 5.97 Å². The van der Waals surface area contributed by atoms with Gasteiger partial charge in [-0.3, -0.25) is 9.78 Å². The van der Waals surface area contributed by atoms with E-state index in [-0.39, 0.29) is 25.6 Å². The summed E-state index contributed by atoms with van der Waals surface area (Å²) in [5.41, 5.74) is 2.13. The van der Waals surface area contributed by atoms with Crippen LogP contribution in [0.3, 0.4) is 0 Å². The molecule has 3 aromatic rings. The number of halogens is 1. The molecule has 0 saturated carbocycles. The van der Waals surface area contributed by atoms with Gasteiger partial charge in [0.05, 0.1) is 42.4 Å². The van der Waals surface area contributed by atoms with Gasteiger partial charge in [0, 0.05) is 12.4 Å². The maximum Gasteiger partial charge on any atom is 0.337 e. The van der Waals surface area contributed by atoms with Gasteiger partial charge in [0.15, 0.2) is 0 Å². The summed E-state index contributed by atoms with van der Waals surface area (Å²) in [6.45, 7) is 0.185. The van der Waals surface area contributed by atoms with Crippen LogP contribution in [-0.2, 0) is 16.1 Å². The number of carbonyl (C=O) groups is 2. The molecule has 4 rings (SSSR count). The summed E-state index contributed by atoms with van der Waals surface area (Å²) in [6.07, 6.45) is 1.01. The van der Waals surface area contributed by atoms with Crippen molar-refractivity contribution in [3.05, 3.63) is 59.7 Å². The van der Waals surface area contributed by atoms with Gasteiger partial charge in [-0.1, -0.05) is 0 Å². The number of benzene rings is 1. The Hall–Kier alpha value is -3.33. The van der Waals surface area contributed by atoms with E-state index in [9.17, 15) is 14.0 Å². The molecule has 3 heterocycles. The number of hydrogen-bond acceptors (Lipinski definition) is 6. The first-order valence-corrected chi connectivity index (χ1v) is 9.07. The van der Waals surface area contributed by atoms with Crippen molar-refractivity contribution in [3.8, 4) is 0 Å². The number of hydrogen-bond donors (Lipinski definition) is 1. The SMILES string of the molecule is COC(=O)c1ccc2nc(CO[C@H]3CN(C(=O)c4cccnc4)C[C@H]3F)[nH]c2c1. The van der Waals surface area contributed by atoms with Crippen LogP contribution in [0.15, 0.2) is 42.7 Å². The molecule has 2 atom stereocenters. The maximum absolute atomic E-state index is 14.4. The predicted molar refractivity (Wildman–Crippen MR) is 101 cm³/mol. The van der Waals surface area contributed by atoms with Gasteiger partial charge in [-0.15, -0.1) is 0 Å². The van der Waals surface area contributed by atoms with Crippen molar-refractivity contribution in [2.45, 2.75) is 18.9 Å². The number of nitrogens with zero attached hydrogens (tertiary/aromatic N) is 3. The maximum atomic E-state index is 14.4. The number of amides is 1. The fraction of sp³-hybridized carbons (Fsp3) is 0.300. The minimum absolute atomic E-state index is 0.0268. The van der Waals surface area contributed by atoms with E-state index in [1.807, 2.05) is 0 Å². The lowest BCUT2D eigenvalue weighted by atomic mass is 10.2. The zero-order valence-corrected chi connectivity index (χ0v) is 15.7. The Balaban J connectivity index is 1.40. The quantitative estimate of drug-likeness (QED) is 0.662. The van der Waals surface area contributed by atoms with Crippen LogP contribution in [0.2, 0.25) is 0 Å². The molecular weight excluding hydrogens is 379 g/mol. The lowest BCUT2D eigenvalue weighted by molar-refractivity contribution is 0.00887. The number of likely N-dealkylation sites (tertiary alicyclic amines) is 1. The van der Waals surface area contributed by atoms with Crippen molar-refractivity contribution in [1.82, 2.24) is 19.9 Å². The second kappa shape index (κ2) is 7.96. The summed E-state index contributed by atoms with van der Waals surface area (Å²) < 4.78 is 24.8. The third-order valence-corrected chi connectivity index (χ3v) is 4.78. The molecule has 0 radical (unpaired) electrons. The lowest BCUT2D eigenvalue weighted by Gasteiger charge is -2.15. The van der Waals surface area contributed by atoms with Gasteiger partial charge < -0.3 is 19.4 Å². The number of imidazole rings is 1. The van der Waals surface area contributed by atoms with Crippen molar-refractivity contribution in [2.75, 3.05) is 20.2 Å². The first kappa shape index (κ1) is 19.0. The van der Waals surface area contributed by atoms with E-state index < -0.39 is 18.2 Å². The Morgan fingerprint density at radius 1 is 1.28 bits per heavy atom. The van der Waals surface area contributed by atoms with Crippen LogP contribution in [0, 0.1) is 0 Å². The average Bonchev–Trinajstić information content (AvgIpc) is 3.33. The van der Waals surface area contributed by atoms with E-state index in [1.165, 1.54) is 18.2 Å². The molecule has 1 aliphatic rings. The van der Waals surface area contributed by atoms with Crippen LogP contribution in [0.5, 0.6) is 0 Å². The molecule has 0 aliphatic carbocycles. The van der Waals surface area contributed by atoms with E-state index >= 15 is 0 Å². The van der Waals surface area contributed by atoms with E-state index in [4.69, 9.17) is 9.47 Å². The summed E-state index contributed by atoms with van der Waals surface area (Å²) in [7, 11) is 1.32. The van der Waals surface area contributed by atoms with Gasteiger partial charge in [0.2, 0.25) is 0 Å². The molecule has 9 heteroatoms. The smallest absolute Gasteiger partial charge is 0.337 e. The van der Waals surface area contributed by atoms with Crippen LogP contribution < -0.4 is 0 Å². The van der Waals surface area contributed by atoms with E-state index in [0.29, 0.717) is 28.0 Å². The number of pyridine rings is 1. The van der Waals surface area contributed by atoms with Crippen molar-refractivity contribution in [3.63, 3.8) is 0 Å². The third kappa shape index (κ3) is 3.95. The molecule has 1 amide bonds. The molecule has 1 fully saturated rings. The normalized spacial score (nSPS) is 18.9. The number of carbonyl (C=O) groups excluding carboxylic acids is 2. The summed E-state index contributed by atoms with van der Waals surface area (Å²) in [4.78, 5) is 36.9. The molecule has 1 saturated heterocycles.